The third-order valence-corrected chi connectivity index (χ3v) is 5.21. The topological polar surface area (TPSA) is 29.3 Å². The first kappa shape index (κ1) is 15.8. The van der Waals surface area contributed by atoms with Crippen molar-refractivity contribution in [3.05, 3.63) is 56.2 Å². The summed E-state index contributed by atoms with van der Waals surface area (Å²) in [6.45, 7) is 2.69. The van der Waals surface area contributed by atoms with Crippen molar-refractivity contribution in [2.75, 3.05) is 13.6 Å². The molecule has 1 heterocycles. The monoisotopic (exact) mass is 328 g/mol. The van der Waals surface area contributed by atoms with Gasteiger partial charge in [-0.25, -0.2) is 0 Å². The van der Waals surface area contributed by atoms with Gasteiger partial charge in [-0.2, -0.15) is 0 Å². The van der Waals surface area contributed by atoms with Crippen molar-refractivity contribution in [1.82, 2.24) is 4.90 Å². The average Bonchev–Trinajstić information content (AvgIpc) is 2.94. The Hall–Kier alpha value is -0.580. The second-order valence-electron chi connectivity index (χ2n) is 4.77. The van der Waals surface area contributed by atoms with E-state index >= 15 is 0 Å². The highest BCUT2D eigenvalue weighted by Gasteiger charge is 2.23. The molecule has 1 aromatic heterocycles. The number of thiophene rings is 1. The minimum atomic E-state index is 0.0665. The largest absolute Gasteiger partial charge is 0.329 e. The Morgan fingerprint density at radius 1 is 1.30 bits per heavy atom. The molecule has 2 atom stereocenters. The van der Waals surface area contributed by atoms with Crippen molar-refractivity contribution in [3.63, 3.8) is 0 Å². The maximum Gasteiger partial charge on any atom is 0.0488 e. The van der Waals surface area contributed by atoms with Crippen molar-refractivity contribution in [3.8, 4) is 0 Å². The number of rotatable bonds is 5. The molecule has 2 rings (SSSR count). The standard InChI is InChI=1S/C15H18Cl2N2S/c1-10(15-4-3-7-20-15)19(2)14(9-18)12-6-5-11(16)8-13(12)17/h3-8,10,14H,9,18H2,1-2H3. The van der Waals surface area contributed by atoms with E-state index in [1.807, 2.05) is 12.1 Å². The Labute approximate surface area is 134 Å². The SMILES string of the molecule is CC(c1cccs1)N(C)C(CN)c1ccc(Cl)cc1Cl. The molecule has 0 saturated carbocycles. The Bertz CT molecular complexity index is 557. The molecular formula is C15H18Cl2N2S. The lowest BCUT2D eigenvalue weighted by atomic mass is 10.0. The number of halogens is 2. The number of benzene rings is 1. The molecular weight excluding hydrogens is 311 g/mol. The van der Waals surface area contributed by atoms with Crippen LogP contribution in [0.15, 0.2) is 35.7 Å². The first-order chi connectivity index (χ1) is 9.54. The molecule has 0 aliphatic rings. The van der Waals surface area contributed by atoms with Gasteiger partial charge in [-0.3, -0.25) is 4.90 Å². The molecule has 2 aromatic rings. The van der Waals surface area contributed by atoms with Crippen LogP contribution in [0.3, 0.4) is 0 Å². The Morgan fingerprint density at radius 2 is 2.05 bits per heavy atom. The third kappa shape index (κ3) is 3.35. The maximum absolute atomic E-state index is 6.31. The molecule has 0 aliphatic carbocycles. The third-order valence-electron chi connectivity index (χ3n) is 3.60. The minimum absolute atomic E-state index is 0.0665. The van der Waals surface area contributed by atoms with E-state index in [0.29, 0.717) is 16.6 Å². The zero-order valence-corrected chi connectivity index (χ0v) is 13.8. The molecule has 0 radical (unpaired) electrons. The highest BCUT2D eigenvalue weighted by molar-refractivity contribution is 7.10. The van der Waals surface area contributed by atoms with Gasteiger partial charge >= 0.3 is 0 Å². The quantitative estimate of drug-likeness (QED) is 0.858. The zero-order valence-electron chi connectivity index (χ0n) is 11.5. The number of nitrogens with two attached hydrogens (primary N) is 1. The van der Waals surface area contributed by atoms with Crippen molar-refractivity contribution in [1.29, 1.82) is 0 Å². The molecule has 0 saturated heterocycles. The lowest BCUT2D eigenvalue weighted by molar-refractivity contribution is 0.193. The van der Waals surface area contributed by atoms with Gasteiger partial charge < -0.3 is 5.73 Å². The molecule has 0 fully saturated rings. The number of hydrogen-bond acceptors (Lipinski definition) is 3. The van der Waals surface area contributed by atoms with Gasteiger partial charge in [0.05, 0.1) is 0 Å². The van der Waals surface area contributed by atoms with Crippen LogP contribution in [0.25, 0.3) is 0 Å². The van der Waals surface area contributed by atoms with Gasteiger partial charge in [0.15, 0.2) is 0 Å². The molecule has 0 spiro atoms. The van der Waals surface area contributed by atoms with E-state index in [1.165, 1.54) is 4.88 Å². The summed E-state index contributed by atoms with van der Waals surface area (Å²) in [6, 6.07) is 10.1. The molecule has 2 N–H and O–H groups in total. The smallest absolute Gasteiger partial charge is 0.0488 e. The number of hydrogen-bond donors (Lipinski definition) is 1. The minimum Gasteiger partial charge on any atom is -0.329 e. The van der Waals surface area contributed by atoms with Gasteiger partial charge in [0, 0.05) is 33.6 Å². The van der Waals surface area contributed by atoms with Crippen LogP contribution in [0.2, 0.25) is 10.0 Å². The second-order valence-corrected chi connectivity index (χ2v) is 6.60. The van der Waals surface area contributed by atoms with Gasteiger partial charge in [0.2, 0.25) is 0 Å². The van der Waals surface area contributed by atoms with E-state index in [-0.39, 0.29) is 12.1 Å². The average molecular weight is 329 g/mol. The number of likely N-dealkylation sites (N-methyl/N-ethyl adjacent to an activating group) is 1. The van der Waals surface area contributed by atoms with E-state index in [1.54, 1.807) is 17.4 Å². The molecule has 2 nitrogen and oxygen atoms in total. The van der Waals surface area contributed by atoms with E-state index in [0.717, 1.165) is 5.56 Å². The molecule has 5 heteroatoms. The van der Waals surface area contributed by atoms with E-state index in [9.17, 15) is 0 Å². The van der Waals surface area contributed by atoms with Crippen LogP contribution >= 0.6 is 34.5 Å². The van der Waals surface area contributed by atoms with Crippen molar-refractivity contribution >= 4 is 34.5 Å². The van der Waals surface area contributed by atoms with Gasteiger partial charge in [-0.15, -0.1) is 11.3 Å². The summed E-state index contributed by atoms with van der Waals surface area (Å²) in [6.07, 6.45) is 0. The highest BCUT2D eigenvalue weighted by Crippen LogP contribution is 2.34. The Morgan fingerprint density at radius 3 is 2.60 bits per heavy atom. The van der Waals surface area contributed by atoms with Crippen molar-refractivity contribution in [2.45, 2.75) is 19.0 Å². The fourth-order valence-corrected chi connectivity index (χ4v) is 3.65. The summed E-state index contributed by atoms with van der Waals surface area (Å²) in [7, 11) is 2.08. The van der Waals surface area contributed by atoms with Crippen LogP contribution in [0.1, 0.15) is 29.4 Å². The summed E-state index contributed by atoms with van der Waals surface area (Å²) >= 11 is 14.0. The van der Waals surface area contributed by atoms with Crippen LogP contribution < -0.4 is 5.73 Å². The predicted molar refractivity (Wildman–Crippen MR) is 88.8 cm³/mol. The van der Waals surface area contributed by atoms with Crippen LogP contribution in [0.5, 0.6) is 0 Å². The highest BCUT2D eigenvalue weighted by atomic mass is 35.5. The molecule has 108 valence electrons. The van der Waals surface area contributed by atoms with Crippen LogP contribution in [-0.2, 0) is 0 Å². The summed E-state index contributed by atoms with van der Waals surface area (Å²) in [5, 5.41) is 3.40. The van der Waals surface area contributed by atoms with E-state index in [2.05, 4.69) is 36.4 Å². The Kier molecular flexibility index (Phi) is 5.47. The molecule has 1 aromatic carbocycles. The van der Waals surface area contributed by atoms with Crippen LogP contribution in [-0.4, -0.2) is 18.5 Å². The predicted octanol–water partition coefficient (Wildman–Crippen LogP) is 4.75. The lowest BCUT2D eigenvalue weighted by Crippen LogP contribution is -2.32. The molecule has 0 bridgehead atoms. The normalized spacial score (nSPS) is 14.5. The van der Waals surface area contributed by atoms with Crippen molar-refractivity contribution < 1.29 is 0 Å². The number of nitrogens with zero attached hydrogens (tertiary/aromatic N) is 1. The van der Waals surface area contributed by atoms with Gasteiger partial charge in [0.25, 0.3) is 0 Å². The fraction of sp³-hybridized carbons (Fsp3) is 0.333. The summed E-state index contributed by atoms with van der Waals surface area (Å²) in [5.74, 6) is 0. The summed E-state index contributed by atoms with van der Waals surface area (Å²) in [4.78, 5) is 3.57. The molecule has 2 unspecified atom stereocenters. The second kappa shape index (κ2) is 6.92. The van der Waals surface area contributed by atoms with Gasteiger partial charge in [-0.05, 0) is 43.1 Å². The van der Waals surface area contributed by atoms with Gasteiger partial charge in [0.1, 0.15) is 0 Å². The molecule has 20 heavy (non-hydrogen) atoms. The molecule has 0 aliphatic heterocycles. The van der Waals surface area contributed by atoms with Crippen LogP contribution in [0.4, 0.5) is 0 Å². The summed E-state index contributed by atoms with van der Waals surface area (Å²) < 4.78 is 0. The van der Waals surface area contributed by atoms with Crippen molar-refractivity contribution in [2.24, 2.45) is 5.73 Å². The zero-order chi connectivity index (χ0) is 14.7. The molecule has 0 amide bonds. The lowest BCUT2D eigenvalue weighted by Gasteiger charge is -2.32. The first-order valence-electron chi connectivity index (χ1n) is 6.45. The first-order valence-corrected chi connectivity index (χ1v) is 8.08. The van der Waals surface area contributed by atoms with E-state index < -0.39 is 0 Å². The van der Waals surface area contributed by atoms with Crippen LogP contribution in [0, 0.1) is 0 Å². The summed E-state index contributed by atoms with van der Waals surface area (Å²) in [5.41, 5.74) is 6.99. The van der Waals surface area contributed by atoms with Gasteiger partial charge in [-0.1, -0.05) is 35.3 Å². The van der Waals surface area contributed by atoms with E-state index in [4.69, 9.17) is 28.9 Å². The Balaban J connectivity index is 2.27. The maximum atomic E-state index is 6.31. The fourth-order valence-electron chi connectivity index (χ4n) is 2.28.